The number of nitrogens with zero attached hydrogens (tertiary/aromatic N) is 1. The number of nitrogens with two attached hydrogens (primary N) is 1. The fraction of sp³-hybridized carbons (Fsp3) is 0. The summed E-state index contributed by atoms with van der Waals surface area (Å²) >= 11 is 0. The standard InChI is InChI=1S/C13H9N3O3/c14-13(18)16-12-10-9(5-6-15-12)19-8-4-2-1-3-7(8)11(10)17/h1-6H,(H3,14,15,16,18). The van der Waals surface area contributed by atoms with Crippen LogP contribution in [0.2, 0.25) is 0 Å². The van der Waals surface area contributed by atoms with Crippen LogP contribution in [0.3, 0.4) is 0 Å². The Bertz CT molecular complexity index is 854. The Kier molecular flexibility index (Phi) is 2.42. The SMILES string of the molecule is NC(=O)Nc1nccc2oc3ccccc3c(=O)c12. The molecule has 19 heavy (non-hydrogen) atoms. The number of primary amides is 1. The van der Waals surface area contributed by atoms with E-state index in [1.54, 1.807) is 30.3 Å². The molecule has 0 saturated carbocycles. The first kappa shape index (κ1) is 11.2. The summed E-state index contributed by atoms with van der Waals surface area (Å²) in [6, 6.07) is 7.66. The molecule has 0 radical (unpaired) electrons. The van der Waals surface area contributed by atoms with E-state index in [2.05, 4.69) is 10.3 Å². The Balaban J connectivity index is 2.45. The topological polar surface area (TPSA) is 98.2 Å². The number of aromatic nitrogens is 1. The minimum atomic E-state index is -0.785. The summed E-state index contributed by atoms with van der Waals surface area (Å²) in [5.41, 5.74) is 5.63. The van der Waals surface area contributed by atoms with Crippen molar-refractivity contribution in [1.82, 2.24) is 4.98 Å². The molecule has 0 aliphatic heterocycles. The number of anilines is 1. The second kappa shape index (κ2) is 4.09. The number of pyridine rings is 1. The fourth-order valence-corrected chi connectivity index (χ4v) is 1.96. The number of benzene rings is 1. The predicted molar refractivity (Wildman–Crippen MR) is 71.0 cm³/mol. The van der Waals surface area contributed by atoms with Gasteiger partial charge in [-0.2, -0.15) is 0 Å². The van der Waals surface area contributed by atoms with Crippen LogP contribution in [0, 0.1) is 0 Å². The molecule has 6 nitrogen and oxygen atoms in total. The Morgan fingerprint density at radius 1 is 1.21 bits per heavy atom. The number of urea groups is 1. The van der Waals surface area contributed by atoms with Crippen molar-refractivity contribution < 1.29 is 9.21 Å². The zero-order valence-electron chi connectivity index (χ0n) is 9.71. The normalized spacial score (nSPS) is 10.7. The first-order chi connectivity index (χ1) is 9.16. The molecular formula is C13H9N3O3. The lowest BCUT2D eigenvalue weighted by Crippen LogP contribution is -2.21. The molecule has 2 heterocycles. The van der Waals surface area contributed by atoms with Gasteiger partial charge in [-0.3, -0.25) is 10.1 Å². The summed E-state index contributed by atoms with van der Waals surface area (Å²) in [5.74, 6) is 0.101. The van der Waals surface area contributed by atoms with Gasteiger partial charge in [-0.25, -0.2) is 9.78 Å². The third kappa shape index (κ3) is 1.79. The van der Waals surface area contributed by atoms with Crippen LogP contribution in [0.15, 0.2) is 45.7 Å². The maximum atomic E-state index is 12.4. The fourth-order valence-electron chi connectivity index (χ4n) is 1.96. The molecule has 0 atom stereocenters. The van der Waals surface area contributed by atoms with Gasteiger partial charge in [0, 0.05) is 12.3 Å². The van der Waals surface area contributed by atoms with Crippen LogP contribution < -0.4 is 16.5 Å². The Morgan fingerprint density at radius 3 is 2.79 bits per heavy atom. The second-order valence-corrected chi connectivity index (χ2v) is 3.95. The largest absolute Gasteiger partial charge is 0.456 e. The van der Waals surface area contributed by atoms with Crippen LogP contribution in [-0.4, -0.2) is 11.0 Å². The number of nitrogens with one attached hydrogen (secondary N) is 1. The molecule has 3 rings (SSSR count). The van der Waals surface area contributed by atoms with E-state index < -0.39 is 6.03 Å². The second-order valence-electron chi connectivity index (χ2n) is 3.95. The molecular weight excluding hydrogens is 246 g/mol. The van der Waals surface area contributed by atoms with Crippen LogP contribution in [0.5, 0.6) is 0 Å². The van der Waals surface area contributed by atoms with Crippen LogP contribution in [-0.2, 0) is 0 Å². The van der Waals surface area contributed by atoms with Gasteiger partial charge in [0.1, 0.15) is 22.4 Å². The van der Waals surface area contributed by atoms with E-state index in [1.807, 2.05) is 0 Å². The molecule has 0 unspecified atom stereocenters. The smallest absolute Gasteiger partial charge is 0.317 e. The highest BCUT2D eigenvalue weighted by Crippen LogP contribution is 2.22. The van der Waals surface area contributed by atoms with Crippen LogP contribution in [0.1, 0.15) is 0 Å². The number of rotatable bonds is 1. The van der Waals surface area contributed by atoms with Crippen molar-refractivity contribution >= 4 is 33.8 Å². The lowest BCUT2D eigenvalue weighted by molar-refractivity contribution is 0.259. The average Bonchev–Trinajstić information content (AvgIpc) is 2.38. The molecule has 0 fully saturated rings. The van der Waals surface area contributed by atoms with E-state index in [1.165, 1.54) is 6.20 Å². The highest BCUT2D eigenvalue weighted by molar-refractivity contribution is 6.00. The predicted octanol–water partition coefficient (Wildman–Crippen LogP) is 1.83. The van der Waals surface area contributed by atoms with E-state index in [9.17, 15) is 9.59 Å². The van der Waals surface area contributed by atoms with E-state index >= 15 is 0 Å². The maximum absolute atomic E-state index is 12.4. The van der Waals surface area contributed by atoms with Gasteiger partial charge in [0.15, 0.2) is 0 Å². The van der Waals surface area contributed by atoms with Crippen molar-refractivity contribution in [2.45, 2.75) is 0 Å². The molecule has 2 aromatic heterocycles. The van der Waals surface area contributed by atoms with E-state index in [-0.39, 0.29) is 16.6 Å². The zero-order valence-corrected chi connectivity index (χ0v) is 9.71. The Hall–Kier alpha value is -2.89. The van der Waals surface area contributed by atoms with Crippen molar-refractivity contribution in [2.24, 2.45) is 5.73 Å². The van der Waals surface area contributed by atoms with Gasteiger partial charge in [0.05, 0.1) is 5.39 Å². The quantitative estimate of drug-likeness (QED) is 0.648. The minimum absolute atomic E-state index is 0.101. The summed E-state index contributed by atoms with van der Waals surface area (Å²) in [5, 5.41) is 2.96. The van der Waals surface area contributed by atoms with Crippen LogP contribution >= 0.6 is 0 Å². The summed E-state index contributed by atoms with van der Waals surface area (Å²) in [4.78, 5) is 27.3. The summed E-state index contributed by atoms with van der Waals surface area (Å²) in [6.07, 6.45) is 1.44. The molecule has 2 amide bonds. The lowest BCUT2D eigenvalue weighted by atomic mass is 10.1. The molecule has 0 aliphatic carbocycles. The van der Waals surface area contributed by atoms with E-state index in [4.69, 9.17) is 10.2 Å². The van der Waals surface area contributed by atoms with Gasteiger partial charge in [0.25, 0.3) is 0 Å². The molecule has 94 valence electrons. The van der Waals surface area contributed by atoms with Gasteiger partial charge in [0.2, 0.25) is 5.43 Å². The van der Waals surface area contributed by atoms with Crippen molar-refractivity contribution in [3.05, 3.63) is 46.8 Å². The van der Waals surface area contributed by atoms with Gasteiger partial charge in [-0.05, 0) is 12.1 Å². The Morgan fingerprint density at radius 2 is 2.00 bits per heavy atom. The molecule has 1 aromatic carbocycles. The first-order valence-corrected chi connectivity index (χ1v) is 5.54. The molecule has 0 bridgehead atoms. The first-order valence-electron chi connectivity index (χ1n) is 5.54. The Labute approximate surface area is 106 Å². The molecule has 6 heteroatoms. The number of hydrogen-bond acceptors (Lipinski definition) is 4. The summed E-state index contributed by atoms with van der Waals surface area (Å²) < 4.78 is 5.62. The van der Waals surface area contributed by atoms with Crippen molar-refractivity contribution in [2.75, 3.05) is 5.32 Å². The third-order valence-electron chi connectivity index (χ3n) is 2.73. The third-order valence-corrected chi connectivity index (χ3v) is 2.73. The van der Waals surface area contributed by atoms with Gasteiger partial charge in [-0.15, -0.1) is 0 Å². The number of hydrogen-bond donors (Lipinski definition) is 2. The lowest BCUT2D eigenvalue weighted by Gasteiger charge is -2.05. The number of amides is 2. The highest BCUT2D eigenvalue weighted by atomic mass is 16.3. The van der Waals surface area contributed by atoms with Gasteiger partial charge >= 0.3 is 6.03 Å². The number of fused-ring (bicyclic) bond motifs is 2. The summed E-state index contributed by atoms with van der Waals surface area (Å²) in [7, 11) is 0. The highest BCUT2D eigenvalue weighted by Gasteiger charge is 2.12. The van der Waals surface area contributed by atoms with E-state index in [0.29, 0.717) is 16.6 Å². The van der Waals surface area contributed by atoms with Gasteiger partial charge < -0.3 is 10.2 Å². The molecule has 0 aliphatic rings. The number of carbonyl (C=O) groups is 1. The molecule has 3 N–H and O–H groups in total. The van der Waals surface area contributed by atoms with Crippen molar-refractivity contribution in [3.63, 3.8) is 0 Å². The molecule has 0 saturated heterocycles. The maximum Gasteiger partial charge on any atom is 0.317 e. The van der Waals surface area contributed by atoms with Gasteiger partial charge in [-0.1, -0.05) is 12.1 Å². The molecule has 3 aromatic rings. The molecule has 0 spiro atoms. The van der Waals surface area contributed by atoms with E-state index in [0.717, 1.165) is 0 Å². The monoisotopic (exact) mass is 255 g/mol. The van der Waals surface area contributed by atoms with Crippen molar-refractivity contribution in [1.29, 1.82) is 0 Å². The number of carbonyl (C=O) groups excluding carboxylic acids is 1. The van der Waals surface area contributed by atoms with Crippen molar-refractivity contribution in [3.8, 4) is 0 Å². The minimum Gasteiger partial charge on any atom is -0.456 e. The van der Waals surface area contributed by atoms with Crippen LogP contribution in [0.4, 0.5) is 10.6 Å². The average molecular weight is 255 g/mol. The van der Waals surface area contributed by atoms with Crippen LogP contribution in [0.25, 0.3) is 21.9 Å². The zero-order chi connectivity index (χ0) is 13.4. The summed E-state index contributed by atoms with van der Waals surface area (Å²) in [6.45, 7) is 0. The number of para-hydroxylation sites is 1.